The number of carbonyl (C=O) groups excluding carboxylic acids is 2. The largest absolute Gasteiger partial charge is 0.507 e. The van der Waals surface area contributed by atoms with Crippen LogP contribution in [0.4, 0.5) is 0 Å². The van der Waals surface area contributed by atoms with E-state index in [0.29, 0.717) is 29.2 Å². The van der Waals surface area contributed by atoms with Crippen LogP contribution in [-0.2, 0) is 16.1 Å². The summed E-state index contributed by atoms with van der Waals surface area (Å²) in [6, 6.07) is 18.6. The third-order valence-electron chi connectivity index (χ3n) is 4.98. The molecule has 2 heterocycles. The number of hydrogen-bond donors (Lipinski definition) is 1. The lowest BCUT2D eigenvalue weighted by Gasteiger charge is -2.25. The molecule has 152 valence electrons. The molecule has 1 fully saturated rings. The Morgan fingerprint density at radius 2 is 1.87 bits per heavy atom. The summed E-state index contributed by atoms with van der Waals surface area (Å²) in [6.07, 6.45) is 1.51. The number of rotatable bonds is 6. The molecule has 1 N–H and O–H groups in total. The van der Waals surface area contributed by atoms with Crippen molar-refractivity contribution in [2.24, 2.45) is 0 Å². The van der Waals surface area contributed by atoms with Crippen LogP contribution in [-0.4, -0.2) is 28.3 Å². The lowest BCUT2D eigenvalue weighted by molar-refractivity contribution is -0.140. The Balaban J connectivity index is 1.86. The summed E-state index contributed by atoms with van der Waals surface area (Å²) in [4.78, 5) is 27.3. The van der Waals surface area contributed by atoms with Crippen LogP contribution in [0, 0.1) is 0 Å². The highest BCUT2D eigenvalue weighted by Crippen LogP contribution is 2.41. The Morgan fingerprint density at radius 3 is 2.57 bits per heavy atom. The van der Waals surface area contributed by atoms with Crippen molar-refractivity contribution >= 4 is 17.4 Å². The molecule has 0 saturated carbocycles. The summed E-state index contributed by atoms with van der Waals surface area (Å²) in [5, 5.41) is 11.0. The maximum Gasteiger partial charge on any atom is 0.296 e. The highest BCUT2D eigenvalue weighted by molar-refractivity contribution is 6.46. The number of nitrogens with zero attached hydrogens (tertiary/aromatic N) is 1. The molecule has 1 saturated heterocycles. The molecule has 6 heteroatoms. The molecule has 6 nitrogen and oxygen atoms in total. The molecule has 1 unspecified atom stereocenters. The summed E-state index contributed by atoms with van der Waals surface area (Å²) in [7, 11) is 0. The Kier molecular flexibility index (Phi) is 5.39. The predicted molar refractivity (Wildman–Crippen MR) is 111 cm³/mol. The molecule has 1 aliphatic heterocycles. The first kappa shape index (κ1) is 19.5. The molecule has 2 aromatic carbocycles. The van der Waals surface area contributed by atoms with E-state index in [0.717, 1.165) is 0 Å². The van der Waals surface area contributed by atoms with Crippen LogP contribution in [0.2, 0.25) is 0 Å². The van der Waals surface area contributed by atoms with Crippen LogP contribution < -0.4 is 4.74 Å². The van der Waals surface area contributed by atoms with E-state index in [2.05, 4.69) is 0 Å². The van der Waals surface area contributed by atoms with Crippen LogP contribution in [0.3, 0.4) is 0 Å². The van der Waals surface area contributed by atoms with Gasteiger partial charge in [0.05, 0.1) is 31.0 Å². The first-order chi connectivity index (χ1) is 14.6. The van der Waals surface area contributed by atoms with Gasteiger partial charge >= 0.3 is 0 Å². The van der Waals surface area contributed by atoms with Crippen molar-refractivity contribution in [3.63, 3.8) is 0 Å². The van der Waals surface area contributed by atoms with Gasteiger partial charge in [0.2, 0.25) is 0 Å². The first-order valence-corrected chi connectivity index (χ1v) is 9.69. The lowest BCUT2D eigenvalue weighted by atomic mass is 9.95. The number of amides is 1. The van der Waals surface area contributed by atoms with E-state index in [1.807, 2.05) is 25.1 Å². The molecular formula is C24H21NO5. The second kappa shape index (κ2) is 8.29. The molecule has 0 aliphatic carbocycles. The number of Topliss-reactive ketones (excluding diaryl/α,β-unsaturated/α-hetero) is 1. The van der Waals surface area contributed by atoms with Crippen molar-refractivity contribution in [3.8, 4) is 5.75 Å². The van der Waals surface area contributed by atoms with Gasteiger partial charge in [0, 0.05) is 5.56 Å². The maximum atomic E-state index is 13.0. The lowest BCUT2D eigenvalue weighted by Crippen LogP contribution is -2.29. The number of aliphatic hydroxyl groups is 1. The van der Waals surface area contributed by atoms with Crippen LogP contribution in [0.25, 0.3) is 5.76 Å². The van der Waals surface area contributed by atoms with Gasteiger partial charge in [-0.05, 0) is 36.8 Å². The Morgan fingerprint density at radius 1 is 1.07 bits per heavy atom. The van der Waals surface area contributed by atoms with Crippen LogP contribution >= 0.6 is 0 Å². The fourth-order valence-corrected chi connectivity index (χ4v) is 3.65. The summed E-state index contributed by atoms with van der Waals surface area (Å²) < 4.78 is 11.0. The van der Waals surface area contributed by atoms with E-state index in [9.17, 15) is 14.7 Å². The Labute approximate surface area is 174 Å². The summed E-state index contributed by atoms with van der Waals surface area (Å²) in [6.45, 7) is 2.47. The number of aliphatic hydroxyl groups excluding tert-OH is 1. The highest BCUT2D eigenvalue weighted by atomic mass is 16.5. The van der Waals surface area contributed by atoms with Crippen molar-refractivity contribution in [1.82, 2.24) is 4.90 Å². The Hall–Kier alpha value is -3.80. The molecule has 3 aromatic rings. The van der Waals surface area contributed by atoms with Gasteiger partial charge in [-0.1, -0.05) is 42.5 Å². The Bertz CT molecular complexity index is 1090. The quantitative estimate of drug-likeness (QED) is 0.377. The van der Waals surface area contributed by atoms with Gasteiger partial charge in [-0.15, -0.1) is 0 Å². The smallest absolute Gasteiger partial charge is 0.296 e. The molecule has 0 bridgehead atoms. The van der Waals surface area contributed by atoms with Crippen molar-refractivity contribution in [2.45, 2.75) is 19.5 Å². The van der Waals surface area contributed by atoms with Crippen LogP contribution in [0.5, 0.6) is 5.75 Å². The minimum Gasteiger partial charge on any atom is -0.507 e. The van der Waals surface area contributed by atoms with E-state index in [-0.39, 0.29) is 17.9 Å². The van der Waals surface area contributed by atoms with Gasteiger partial charge in [-0.25, -0.2) is 0 Å². The standard InChI is InChI=1S/C24H21NO5/c1-2-29-18-11-6-10-17(14-18)21-20(22(26)16-8-4-3-5-9-16)23(27)24(28)25(21)15-19-12-7-13-30-19/h3-14,21,26H,2,15H2,1H3. The molecule has 1 aromatic heterocycles. The summed E-state index contributed by atoms with van der Waals surface area (Å²) >= 11 is 0. The number of carbonyl (C=O) groups is 2. The number of furan rings is 1. The van der Waals surface area contributed by atoms with Gasteiger partial charge in [-0.3, -0.25) is 9.59 Å². The minimum atomic E-state index is -0.768. The highest BCUT2D eigenvalue weighted by Gasteiger charge is 2.46. The van der Waals surface area contributed by atoms with E-state index in [4.69, 9.17) is 9.15 Å². The number of ketones is 1. The zero-order valence-corrected chi connectivity index (χ0v) is 16.4. The van der Waals surface area contributed by atoms with E-state index in [1.165, 1.54) is 11.2 Å². The van der Waals surface area contributed by atoms with Crippen molar-refractivity contribution in [3.05, 3.63) is 95.5 Å². The molecule has 0 spiro atoms. The molecule has 4 rings (SSSR count). The number of ether oxygens (including phenoxy) is 1. The third-order valence-corrected chi connectivity index (χ3v) is 4.98. The fourth-order valence-electron chi connectivity index (χ4n) is 3.65. The van der Waals surface area contributed by atoms with Crippen LogP contribution in [0.1, 0.15) is 29.9 Å². The molecule has 30 heavy (non-hydrogen) atoms. The topological polar surface area (TPSA) is 80.0 Å². The third kappa shape index (κ3) is 3.59. The van der Waals surface area contributed by atoms with Gasteiger partial charge in [0.15, 0.2) is 0 Å². The van der Waals surface area contributed by atoms with E-state index in [1.54, 1.807) is 48.5 Å². The van der Waals surface area contributed by atoms with Gasteiger partial charge in [0.1, 0.15) is 17.3 Å². The van der Waals surface area contributed by atoms with Gasteiger partial charge in [-0.2, -0.15) is 0 Å². The average molecular weight is 403 g/mol. The molecule has 1 aliphatic rings. The second-order valence-corrected chi connectivity index (χ2v) is 6.88. The number of benzene rings is 2. The zero-order valence-electron chi connectivity index (χ0n) is 16.4. The number of hydrogen-bond acceptors (Lipinski definition) is 5. The molecule has 1 atom stereocenters. The summed E-state index contributed by atoms with van der Waals surface area (Å²) in [5.41, 5.74) is 1.19. The van der Waals surface area contributed by atoms with Crippen molar-refractivity contribution < 1.29 is 23.8 Å². The predicted octanol–water partition coefficient (Wildman–Crippen LogP) is 4.30. The van der Waals surface area contributed by atoms with Gasteiger partial charge in [0.25, 0.3) is 11.7 Å². The SMILES string of the molecule is CCOc1cccc(C2C(=C(O)c3ccccc3)C(=O)C(=O)N2Cc2ccco2)c1. The minimum absolute atomic E-state index is 0.0476. The molecular weight excluding hydrogens is 382 g/mol. The molecule has 1 amide bonds. The molecule has 0 radical (unpaired) electrons. The zero-order chi connectivity index (χ0) is 21.1. The number of likely N-dealkylation sites (tertiary alicyclic amines) is 1. The van der Waals surface area contributed by atoms with E-state index >= 15 is 0 Å². The van der Waals surface area contributed by atoms with Crippen LogP contribution in [0.15, 0.2) is 83.0 Å². The maximum absolute atomic E-state index is 13.0. The van der Waals surface area contributed by atoms with Gasteiger partial charge < -0.3 is 19.2 Å². The fraction of sp³-hybridized carbons (Fsp3) is 0.167. The van der Waals surface area contributed by atoms with Crippen molar-refractivity contribution in [1.29, 1.82) is 0 Å². The monoisotopic (exact) mass is 403 g/mol. The average Bonchev–Trinajstić information content (AvgIpc) is 3.37. The normalized spacial score (nSPS) is 18.0. The first-order valence-electron chi connectivity index (χ1n) is 9.69. The van der Waals surface area contributed by atoms with Crippen molar-refractivity contribution in [2.75, 3.05) is 6.61 Å². The summed E-state index contributed by atoms with van der Waals surface area (Å²) in [5.74, 6) is -0.450. The second-order valence-electron chi connectivity index (χ2n) is 6.88. The van der Waals surface area contributed by atoms with E-state index < -0.39 is 17.7 Å².